The molecule has 0 amide bonds. The van der Waals surface area contributed by atoms with Crippen LogP contribution in [-0.2, 0) is 30.0 Å². The fourth-order valence-corrected chi connectivity index (χ4v) is 7.98. The number of ether oxygens (including phenoxy) is 5. The molecule has 5 heteroatoms. The van der Waals surface area contributed by atoms with Gasteiger partial charge in [-0.2, -0.15) is 0 Å². The van der Waals surface area contributed by atoms with Crippen LogP contribution in [-0.4, -0.2) is 46.8 Å². The van der Waals surface area contributed by atoms with Gasteiger partial charge in [-0.1, -0.05) is 121 Å². The molecule has 0 unspecified atom stereocenters. The highest BCUT2D eigenvalue weighted by molar-refractivity contribution is 5.84. The molecule has 0 atom stereocenters. The molecule has 0 fully saturated rings. The Morgan fingerprint density at radius 2 is 0.804 bits per heavy atom. The molecular weight excluding hydrogens is 633 g/mol. The number of rotatable bonds is 14. The SMILES string of the molecule is COCCOCCOCCOC1(c2ccc(Oc3ccc(C4(C)c5ccccc5-c5ccccc54)cc3)cc2)c2ccccc2-c2ccccc21. The molecule has 6 aromatic carbocycles. The van der Waals surface area contributed by atoms with Gasteiger partial charge >= 0.3 is 0 Å². The first-order valence-corrected chi connectivity index (χ1v) is 17.7. The Labute approximate surface area is 300 Å². The second-order valence-electron chi connectivity index (χ2n) is 13.2. The smallest absolute Gasteiger partial charge is 0.145 e. The van der Waals surface area contributed by atoms with Crippen LogP contribution in [0.3, 0.4) is 0 Å². The maximum atomic E-state index is 6.93. The Hall–Kier alpha value is -5.04. The van der Waals surface area contributed by atoms with Gasteiger partial charge < -0.3 is 23.7 Å². The molecule has 5 nitrogen and oxygen atoms in total. The minimum Gasteiger partial charge on any atom is -0.457 e. The number of fused-ring (bicyclic) bond motifs is 6. The summed E-state index contributed by atoms with van der Waals surface area (Å²) in [5.74, 6) is 1.56. The van der Waals surface area contributed by atoms with Crippen LogP contribution >= 0.6 is 0 Å². The van der Waals surface area contributed by atoms with Gasteiger partial charge in [0.15, 0.2) is 0 Å². The van der Waals surface area contributed by atoms with Gasteiger partial charge in [0.2, 0.25) is 0 Å². The van der Waals surface area contributed by atoms with E-state index in [0.29, 0.717) is 39.6 Å². The van der Waals surface area contributed by atoms with Crippen molar-refractivity contribution in [1.29, 1.82) is 0 Å². The van der Waals surface area contributed by atoms with Gasteiger partial charge in [0.05, 0.1) is 39.6 Å². The highest BCUT2D eigenvalue weighted by atomic mass is 16.6. The second-order valence-corrected chi connectivity index (χ2v) is 13.2. The molecule has 0 saturated heterocycles. The van der Waals surface area contributed by atoms with Crippen LogP contribution in [0.5, 0.6) is 11.5 Å². The van der Waals surface area contributed by atoms with E-state index in [1.54, 1.807) is 7.11 Å². The summed E-state index contributed by atoms with van der Waals surface area (Å²) in [7, 11) is 1.67. The maximum Gasteiger partial charge on any atom is 0.145 e. The fraction of sp³-hybridized carbons (Fsp3) is 0.217. The Kier molecular flexibility index (Phi) is 9.28. The number of methoxy groups -OCH3 is 1. The van der Waals surface area contributed by atoms with E-state index in [0.717, 1.165) is 28.2 Å². The lowest BCUT2D eigenvalue weighted by molar-refractivity contribution is -0.0340. The third-order valence-electron chi connectivity index (χ3n) is 10.4. The zero-order chi connectivity index (χ0) is 34.7. The quantitative estimate of drug-likeness (QED) is 0.108. The van der Waals surface area contributed by atoms with Crippen molar-refractivity contribution in [2.45, 2.75) is 17.9 Å². The third kappa shape index (κ3) is 5.86. The summed E-state index contributed by atoms with van der Waals surface area (Å²) in [5.41, 5.74) is 11.2. The standard InChI is InChI=1S/C46H42O5/c1-45(41-15-7-3-11-37(41)38-12-4-8-16-42(38)45)33-19-23-35(24-20-33)51-36-25-21-34(22-26-36)46(50-32-31-49-30-29-48-28-27-47-2)43-17-9-5-13-39(43)40-14-6-10-18-44(40)46/h3-26H,27-32H2,1-2H3. The van der Waals surface area contributed by atoms with Crippen molar-refractivity contribution >= 4 is 0 Å². The highest BCUT2D eigenvalue weighted by Gasteiger charge is 2.46. The molecule has 0 saturated carbocycles. The van der Waals surface area contributed by atoms with E-state index in [2.05, 4.69) is 140 Å². The van der Waals surface area contributed by atoms with Crippen molar-refractivity contribution in [3.63, 3.8) is 0 Å². The molecule has 6 aromatic rings. The monoisotopic (exact) mass is 674 g/mol. The minimum absolute atomic E-state index is 0.238. The molecule has 0 aromatic heterocycles. The lowest BCUT2D eigenvalue weighted by Gasteiger charge is -2.33. The van der Waals surface area contributed by atoms with Crippen LogP contribution in [0.1, 0.15) is 40.3 Å². The summed E-state index contributed by atoms with van der Waals surface area (Å²) in [5, 5.41) is 0. The predicted molar refractivity (Wildman–Crippen MR) is 202 cm³/mol. The van der Waals surface area contributed by atoms with Crippen molar-refractivity contribution in [3.8, 4) is 33.8 Å². The average molecular weight is 675 g/mol. The Morgan fingerprint density at radius 1 is 0.412 bits per heavy atom. The fourth-order valence-electron chi connectivity index (χ4n) is 7.98. The molecule has 0 aliphatic heterocycles. The molecule has 0 bridgehead atoms. The van der Waals surface area contributed by atoms with Crippen molar-refractivity contribution < 1.29 is 23.7 Å². The zero-order valence-electron chi connectivity index (χ0n) is 29.1. The molecule has 0 spiro atoms. The van der Waals surface area contributed by atoms with Crippen LogP contribution in [0.4, 0.5) is 0 Å². The minimum atomic E-state index is -0.783. The van der Waals surface area contributed by atoms with Crippen molar-refractivity contribution in [3.05, 3.63) is 179 Å². The molecule has 2 aliphatic rings. The van der Waals surface area contributed by atoms with Gasteiger partial charge in [-0.25, -0.2) is 0 Å². The number of benzene rings is 6. The van der Waals surface area contributed by atoms with Crippen molar-refractivity contribution in [2.24, 2.45) is 0 Å². The summed E-state index contributed by atoms with van der Waals surface area (Å²) >= 11 is 0. The third-order valence-corrected chi connectivity index (χ3v) is 10.4. The normalized spacial score (nSPS) is 14.4. The van der Waals surface area contributed by atoms with Crippen LogP contribution < -0.4 is 4.74 Å². The highest BCUT2D eigenvalue weighted by Crippen LogP contribution is 2.54. The predicted octanol–water partition coefficient (Wildman–Crippen LogP) is 9.78. The van der Waals surface area contributed by atoms with Gasteiger partial charge in [0.1, 0.15) is 17.1 Å². The van der Waals surface area contributed by atoms with Crippen LogP contribution in [0, 0.1) is 0 Å². The topological polar surface area (TPSA) is 46.2 Å². The van der Waals surface area contributed by atoms with E-state index in [9.17, 15) is 0 Å². The average Bonchev–Trinajstić information content (AvgIpc) is 3.62. The summed E-state index contributed by atoms with van der Waals surface area (Å²) < 4.78 is 29.8. The number of hydrogen-bond acceptors (Lipinski definition) is 5. The van der Waals surface area contributed by atoms with Crippen molar-refractivity contribution in [2.75, 3.05) is 46.8 Å². The lowest BCUT2D eigenvalue weighted by atomic mass is 9.74. The van der Waals surface area contributed by atoms with Gasteiger partial charge in [-0.3, -0.25) is 0 Å². The van der Waals surface area contributed by atoms with Gasteiger partial charge in [0.25, 0.3) is 0 Å². The van der Waals surface area contributed by atoms with Gasteiger partial charge in [0, 0.05) is 23.7 Å². The first-order chi connectivity index (χ1) is 25.1. The van der Waals surface area contributed by atoms with Gasteiger partial charge in [-0.15, -0.1) is 0 Å². The van der Waals surface area contributed by atoms with E-state index in [-0.39, 0.29) is 5.41 Å². The van der Waals surface area contributed by atoms with E-state index < -0.39 is 5.60 Å². The Bertz CT molecular complexity index is 2030. The zero-order valence-corrected chi connectivity index (χ0v) is 29.1. The molecule has 256 valence electrons. The van der Waals surface area contributed by atoms with Crippen LogP contribution in [0.15, 0.2) is 146 Å². The molecular formula is C46H42O5. The van der Waals surface area contributed by atoms with E-state index in [1.165, 1.54) is 38.9 Å². The Balaban J connectivity index is 1.03. The number of hydrogen-bond donors (Lipinski definition) is 0. The molecule has 8 rings (SSSR count). The Morgan fingerprint density at radius 3 is 1.29 bits per heavy atom. The summed E-state index contributed by atoms with van der Waals surface area (Å²) in [4.78, 5) is 0. The maximum absolute atomic E-state index is 6.93. The van der Waals surface area contributed by atoms with E-state index in [4.69, 9.17) is 23.7 Å². The van der Waals surface area contributed by atoms with Crippen LogP contribution in [0.2, 0.25) is 0 Å². The molecule has 51 heavy (non-hydrogen) atoms. The largest absolute Gasteiger partial charge is 0.457 e. The molecule has 0 heterocycles. The molecule has 2 aliphatic carbocycles. The summed E-state index contributed by atoms with van der Waals surface area (Å²) in [6.45, 7) is 5.35. The van der Waals surface area contributed by atoms with E-state index in [1.807, 2.05) is 12.1 Å². The molecule has 0 radical (unpaired) electrons. The van der Waals surface area contributed by atoms with Gasteiger partial charge in [-0.05, 0) is 75.7 Å². The van der Waals surface area contributed by atoms with E-state index >= 15 is 0 Å². The second kappa shape index (κ2) is 14.3. The van der Waals surface area contributed by atoms with Crippen molar-refractivity contribution in [1.82, 2.24) is 0 Å². The summed E-state index contributed by atoms with van der Waals surface area (Å²) in [6.07, 6.45) is 0. The lowest BCUT2D eigenvalue weighted by Crippen LogP contribution is -2.32. The first-order valence-electron chi connectivity index (χ1n) is 17.7. The molecule has 0 N–H and O–H groups in total. The van der Waals surface area contributed by atoms with Crippen LogP contribution in [0.25, 0.3) is 22.3 Å². The summed E-state index contributed by atoms with van der Waals surface area (Å²) in [6, 6.07) is 51.4. The first kappa shape index (κ1) is 33.1.